The van der Waals surface area contributed by atoms with Crippen molar-refractivity contribution >= 4 is 11.7 Å². The Labute approximate surface area is 172 Å². The lowest BCUT2D eigenvalue weighted by Crippen LogP contribution is -2.57. The number of rotatable bonds is 2. The van der Waals surface area contributed by atoms with Crippen LogP contribution in [0.15, 0.2) is 16.8 Å². The van der Waals surface area contributed by atoms with Crippen LogP contribution in [0.1, 0.15) is 64.7 Å². The summed E-state index contributed by atoms with van der Waals surface area (Å²) in [7, 11) is 0. The maximum Gasteiger partial charge on any atom is 0.306 e. The fraction of sp³-hybridized carbons (Fsp3) is 0.833. The molecule has 5 aliphatic carbocycles. The third-order valence-corrected chi connectivity index (χ3v) is 10.3. The summed E-state index contributed by atoms with van der Waals surface area (Å²) in [4.78, 5) is 12.2. The Morgan fingerprint density at radius 3 is 2.72 bits per heavy atom. The summed E-state index contributed by atoms with van der Waals surface area (Å²) in [6, 6.07) is 0. The number of fused-ring (bicyclic) bond motifs is 9. The van der Waals surface area contributed by atoms with Crippen LogP contribution in [0.3, 0.4) is 0 Å². The highest BCUT2D eigenvalue weighted by Crippen LogP contribution is 2.79. The van der Waals surface area contributed by atoms with E-state index >= 15 is 0 Å². The molecule has 2 N–H and O–H groups in total. The molecule has 0 amide bonds. The van der Waals surface area contributed by atoms with Gasteiger partial charge in [0, 0.05) is 30.3 Å². The second kappa shape index (κ2) is 6.09. The number of carbonyl (C=O) groups excluding carboxylic acids is 1. The van der Waals surface area contributed by atoms with Crippen LogP contribution in [-0.2, 0) is 9.53 Å². The first-order chi connectivity index (χ1) is 14.1. The molecule has 6 rings (SSSR count). The number of allylic oxidation sites excluding steroid dienone is 1. The van der Waals surface area contributed by atoms with Gasteiger partial charge in [-0.05, 0) is 87.0 Å². The Hall–Kier alpha value is -1.36. The zero-order valence-corrected chi connectivity index (χ0v) is 17.3. The molecule has 0 bridgehead atoms. The summed E-state index contributed by atoms with van der Waals surface area (Å²) in [6.07, 6.45) is 11.3. The fourth-order valence-corrected chi connectivity index (χ4v) is 9.40. The van der Waals surface area contributed by atoms with E-state index in [1.165, 1.54) is 24.8 Å². The molecule has 5 fully saturated rings. The normalized spacial score (nSPS) is 53.7. The van der Waals surface area contributed by atoms with Gasteiger partial charge in [0.05, 0.1) is 5.71 Å². The molecular formula is C24H33NO4. The van der Waals surface area contributed by atoms with Gasteiger partial charge >= 0.3 is 5.97 Å². The molecule has 4 saturated carbocycles. The lowest BCUT2D eigenvalue weighted by Gasteiger charge is -2.59. The first kappa shape index (κ1) is 18.4. The van der Waals surface area contributed by atoms with Gasteiger partial charge in [0.15, 0.2) is 0 Å². The SMILES string of the molecule is CC[C@]12CCC3C(C[C@H](CO)C4=C/C(=N/O)CC[C@@H]43)C1[C@H]1C[C@H]1[C@@]21CCC(=O)O1. The summed E-state index contributed by atoms with van der Waals surface area (Å²) in [5.41, 5.74) is 2.07. The molecule has 0 aromatic heterocycles. The van der Waals surface area contributed by atoms with Gasteiger partial charge in [-0.3, -0.25) is 4.79 Å². The number of oxime groups is 1. The molecule has 0 aromatic rings. The topological polar surface area (TPSA) is 79.1 Å². The number of hydrogen-bond acceptors (Lipinski definition) is 5. The number of aliphatic hydroxyl groups excluding tert-OH is 1. The molecule has 3 unspecified atom stereocenters. The van der Waals surface area contributed by atoms with Gasteiger partial charge in [-0.1, -0.05) is 17.7 Å². The van der Waals surface area contributed by atoms with E-state index in [9.17, 15) is 15.1 Å². The standard InChI is InChI=1S/C24H33NO4/c1-2-23-7-5-16-15-4-3-14(25-28)10-17(15)13(12-26)9-18(16)22(23)19-11-20(19)24(23)8-6-21(27)29-24/h10,13,15-16,18-20,22,26,28H,2-9,11-12H2,1H3/b25-14+/t13-,15-,16?,18?,19+,20-,22?,23+,24+/m1/s1. The van der Waals surface area contributed by atoms with Crippen molar-refractivity contribution in [2.75, 3.05) is 6.61 Å². The van der Waals surface area contributed by atoms with Crippen molar-refractivity contribution in [3.63, 3.8) is 0 Å². The molecule has 9 atom stereocenters. The van der Waals surface area contributed by atoms with Gasteiger partial charge in [0.1, 0.15) is 5.60 Å². The molecule has 1 saturated heterocycles. The Morgan fingerprint density at radius 1 is 1.17 bits per heavy atom. The second-order valence-electron chi connectivity index (χ2n) is 10.8. The van der Waals surface area contributed by atoms with Crippen molar-refractivity contribution < 1.29 is 19.8 Å². The first-order valence-electron chi connectivity index (χ1n) is 11.8. The van der Waals surface area contributed by atoms with Crippen LogP contribution in [0, 0.1) is 46.8 Å². The zero-order valence-electron chi connectivity index (χ0n) is 17.3. The Balaban J connectivity index is 1.40. The maximum atomic E-state index is 12.2. The summed E-state index contributed by atoms with van der Waals surface area (Å²) >= 11 is 0. The number of hydrogen-bond donors (Lipinski definition) is 2. The van der Waals surface area contributed by atoms with Gasteiger partial charge in [0.25, 0.3) is 0 Å². The van der Waals surface area contributed by atoms with Crippen molar-refractivity contribution in [1.82, 2.24) is 0 Å². The van der Waals surface area contributed by atoms with Gasteiger partial charge < -0.3 is 15.1 Å². The van der Waals surface area contributed by atoms with Gasteiger partial charge in [-0.15, -0.1) is 0 Å². The van der Waals surface area contributed by atoms with Crippen molar-refractivity contribution in [2.45, 2.75) is 70.3 Å². The third-order valence-electron chi connectivity index (χ3n) is 10.3. The van der Waals surface area contributed by atoms with Crippen LogP contribution in [0.5, 0.6) is 0 Å². The minimum Gasteiger partial charge on any atom is -0.458 e. The van der Waals surface area contributed by atoms with E-state index in [0.29, 0.717) is 36.0 Å². The summed E-state index contributed by atoms with van der Waals surface area (Å²) in [5.74, 6) is 3.98. The van der Waals surface area contributed by atoms with Crippen LogP contribution in [-0.4, -0.2) is 34.2 Å². The molecule has 0 aromatic carbocycles. The van der Waals surface area contributed by atoms with Crippen LogP contribution >= 0.6 is 0 Å². The number of nitrogens with zero attached hydrogens (tertiary/aromatic N) is 1. The molecule has 158 valence electrons. The highest BCUT2D eigenvalue weighted by atomic mass is 16.6. The minimum absolute atomic E-state index is 0.0245. The fourth-order valence-electron chi connectivity index (χ4n) is 9.40. The van der Waals surface area contributed by atoms with E-state index in [0.717, 1.165) is 43.7 Å². The monoisotopic (exact) mass is 399 g/mol. The van der Waals surface area contributed by atoms with Gasteiger partial charge in [-0.2, -0.15) is 0 Å². The predicted octanol–water partition coefficient (Wildman–Crippen LogP) is 3.93. The maximum absolute atomic E-state index is 12.2. The van der Waals surface area contributed by atoms with Crippen molar-refractivity contribution in [1.29, 1.82) is 0 Å². The van der Waals surface area contributed by atoms with Crippen LogP contribution < -0.4 is 0 Å². The molecule has 5 nitrogen and oxygen atoms in total. The average molecular weight is 400 g/mol. The smallest absolute Gasteiger partial charge is 0.306 e. The van der Waals surface area contributed by atoms with Crippen LogP contribution in [0.4, 0.5) is 0 Å². The lowest BCUT2D eigenvalue weighted by atomic mass is 9.46. The van der Waals surface area contributed by atoms with E-state index in [4.69, 9.17) is 4.74 Å². The van der Waals surface area contributed by atoms with Crippen LogP contribution in [0.25, 0.3) is 0 Å². The number of ether oxygens (including phenoxy) is 1. The van der Waals surface area contributed by atoms with Gasteiger partial charge in [-0.25, -0.2) is 0 Å². The van der Waals surface area contributed by atoms with Crippen LogP contribution in [0.2, 0.25) is 0 Å². The average Bonchev–Trinajstić information content (AvgIpc) is 3.39. The molecule has 29 heavy (non-hydrogen) atoms. The van der Waals surface area contributed by atoms with E-state index in [2.05, 4.69) is 18.2 Å². The highest BCUT2D eigenvalue weighted by Gasteiger charge is 2.79. The van der Waals surface area contributed by atoms with Gasteiger partial charge in [0.2, 0.25) is 0 Å². The zero-order chi connectivity index (χ0) is 20.0. The van der Waals surface area contributed by atoms with E-state index in [1.807, 2.05) is 0 Å². The molecule has 1 aliphatic heterocycles. The number of carbonyl (C=O) groups is 1. The van der Waals surface area contributed by atoms with E-state index in [1.54, 1.807) is 0 Å². The summed E-state index contributed by atoms with van der Waals surface area (Å²) in [5, 5.41) is 23.0. The Morgan fingerprint density at radius 2 is 2.03 bits per heavy atom. The molecule has 1 spiro atoms. The first-order valence-corrected chi connectivity index (χ1v) is 11.8. The Bertz CT molecular complexity index is 805. The molecule has 5 heteroatoms. The summed E-state index contributed by atoms with van der Waals surface area (Å²) < 4.78 is 6.25. The number of aliphatic hydroxyl groups is 1. The third kappa shape index (κ3) is 2.15. The van der Waals surface area contributed by atoms with Crippen molar-refractivity contribution in [3.8, 4) is 0 Å². The van der Waals surface area contributed by atoms with Crippen molar-refractivity contribution in [3.05, 3.63) is 11.6 Å². The quantitative estimate of drug-likeness (QED) is 0.419. The Kier molecular flexibility index (Phi) is 3.86. The molecule has 1 heterocycles. The molecule has 0 radical (unpaired) electrons. The summed E-state index contributed by atoms with van der Waals surface area (Å²) in [6.45, 7) is 2.51. The van der Waals surface area contributed by atoms with Crippen molar-refractivity contribution in [2.24, 2.45) is 52.0 Å². The predicted molar refractivity (Wildman–Crippen MR) is 107 cm³/mol. The molecule has 6 aliphatic rings. The minimum atomic E-state index is -0.187. The van der Waals surface area contributed by atoms with E-state index in [-0.39, 0.29) is 29.5 Å². The molecular weight excluding hydrogens is 366 g/mol. The number of esters is 1. The second-order valence-corrected chi connectivity index (χ2v) is 10.8. The largest absolute Gasteiger partial charge is 0.458 e. The van der Waals surface area contributed by atoms with E-state index < -0.39 is 0 Å². The lowest BCUT2D eigenvalue weighted by molar-refractivity contribution is -0.180. The highest BCUT2D eigenvalue weighted by molar-refractivity contribution is 5.96.